The number of hydrogen-bond donors (Lipinski definition) is 2. The SMILES string of the molecule is CCC1CCCCC1OCc1nc(NN)ccc1Cl. The van der Waals surface area contributed by atoms with Crippen LogP contribution in [0.2, 0.25) is 5.02 Å². The minimum atomic E-state index is 0.339. The largest absolute Gasteiger partial charge is 0.372 e. The van der Waals surface area contributed by atoms with Crippen LogP contribution in [0.5, 0.6) is 0 Å². The molecule has 4 nitrogen and oxygen atoms in total. The van der Waals surface area contributed by atoms with Gasteiger partial charge in [0.1, 0.15) is 5.82 Å². The van der Waals surface area contributed by atoms with Gasteiger partial charge in [-0.3, -0.25) is 0 Å². The number of hydrazine groups is 1. The molecular formula is C14H22ClN3O. The Kier molecular flexibility index (Phi) is 5.43. The lowest BCUT2D eigenvalue weighted by molar-refractivity contribution is -0.0233. The lowest BCUT2D eigenvalue weighted by atomic mass is 9.85. The predicted molar refractivity (Wildman–Crippen MR) is 77.9 cm³/mol. The van der Waals surface area contributed by atoms with Gasteiger partial charge in [-0.15, -0.1) is 0 Å². The first-order valence-corrected chi connectivity index (χ1v) is 7.36. The second kappa shape index (κ2) is 7.08. The van der Waals surface area contributed by atoms with E-state index in [9.17, 15) is 0 Å². The maximum absolute atomic E-state index is 6.13. The van der Waals surface area contributed by atoms with E-state index in [0.717, 1.165) is 12.1 Å². The fraction of sp³-hybridized carbons (Fsp3) is 0.643. The van der Waals surface area contributed by atoms with Crippen molar-refractivity contribution in [2.75, 3.05) is 5.43 Å². The van der Waals surface area contributed by atoms with E-state index < -0.39 is 0 Å². The van der Waals surface area contributed by atoms with Gasteiger partial charge in [-0.05, 0) is 30.9 Å². The van der Waals surface area contributed by atoms with Crippen molar-refractivity contribution in [3.05, 3.63) is 22.8 Å². The summed E-state index contributed by atoms with van der Waals surface area (Å²) in [4.78, 5) is 4.33. The van der Waals surface area contributed by atoms with E-state index in [1.807, 2.05) is 0 Å². The molecule has 1 saturated carbocycles. The Hall–Kier alpha value is -0.840. The van der Waals surface area contributed by atoms with Crippen molar-refractivity contribution in [2.45, 2.75) is 51.7 Å². The van der Waals surface area contributed by atoms with E-state index in [1.54, 1.807) is 12.1 Å². The highest BCUT2D eigenvalue weighted by atomic mass is 35.5. The summed E-state index contributed by atoms with van der Waals surface area (Å²) in [6.07, 6.45) is 6.51. The number of nitrogens with one attached hydrogen (secondary N) is 1. The van der Waals surface area contributed by atoms with Crippen LogP contribution >= 0.6 is 11.6 Å². The molecule has 1 aliphatic rings. The molecule has 1 aliphatic carbocycles. The molecule has 1 aromatic heterocycles. The Balaban J connectivity index is 1.97. The molecule has 0 spiro atoms. The summed E-state index contributed by atoms with van der Waals surface area (Å²) in [5, 5.41) is 0.628. The fourth-order valence-electron chi connectivity index (χ4n) is 2.71. The Morgan fingerprint density at radius 2 is 2.21 bits per heavy atom. The Morgan fingerprint density at radius 3 is 2.95 bits per heavy atom. The summed E-state index contributed by atoms with van der Waals surface area (Å²) >= 11 is 6.13. The summed E-state index contributed by atoms with van der Waals surface area (Å²) in [6, 6.07) is 3.54. The summed E-state index contributed by atoms with van der Waals surface area (Å²) in [5.74, 6) is 6.63. The lowest BCUT2D eigenvalue weighted by Gasteiger charge is -2.30. The highest BCUT2D eigenvalue weighted by Gasteiger charge is 2.24. The lowest BCUT2D eigenvalue weighted by Crippen LogP contribution is -2.27. The Morgan fingerprint density at radius 1 is 1.42 bits per heavy atom. The third kappa shape index (κ3) is 3.81. The second-order valence-electron chi connectivity index (χ2n) is 5.07. The van der Waals surface area contributed by atoms with Gasteiger partial charge < -0.3 is 10.2 Å². The Bertz CT molecular complexity index is 414. The molecule has 2 rings (SSSR count). The zero-order valence-corrected chi connectivity index (χ0v) is 12.1. The molecule has 0 bridgehead atoms. The highest BCUT2D eigenvalue weighted by Crippen LogP contribution is 2.30. The first-order valence-electron chi connectivity index (χ1n) is 6.98. The Labute approximate surface area is 119 Å². The third-order valence-corrected chi connectivity index (χ3v) is 4.21. The van der Waals surface area contributed by atoms with Gasteiger partial charge >= 0.3 is 0 Å². The van der Waals surface area contributed by atoms with Crippen molar-refractivity contribution >= 4 is 17.4 Å². The average Bonchev–Trinajstić information content (AvgIpc) is 2.46. The van der Waals surface area contributed by atoms with Crippen LogP contribution in [0.15, 0.2) is 12.1 Å². The zero-order chi connectivity index (χ0) is 13.7. The number of aromatic nitrogens is 1. The predicted octanol–water partition coefficient (Wildman–Crippen LogP) is 3.51. The number of anilines is 1. The number of hydrogen-bond acceptors (Lipinski definition) is 4. The quantitative estimate of drug-likeness (QED) is 0.641. The van der Waals surface area contributed by atoms with Crippen LogP contribution in [0.1, 0.15) is 44.7 Å². The summed E-state index contributed by atoms with van der Waals surface area (Å²) in [5.41, 5.74) is 3.27. The first-order chi connectivity index (χ1) is 9.24. The molecule has 1 fully saturated rings. The van der Waals surface area contributed by atoms with E-state index in [2.05, 4.69) is 17.3 Å². The van der Waals surface area contributed by atoms with Crippen LogP contribution in [0.25, 0.3) is 0 Å². The van der Waals surface area contributed by atoms with Crippen molar-refractivity contribution < 1.29 is 4.74 Å². The topological polar surface area (TPSA) is 60.2 Å². The summed E-state index contributed by atoms with van der Waals surface area (Å²) in [6.45, 7) is 2.69. The van der Waals surface area contributed by atoms with Gasteiger partial charge in [-0.25, -0.2) is 10.8 Å². The normalized spacial score (nSPS) is 23.3. The van der Waals surface area contributed by atoms with Gasteiger partial charge in [-0.2, -0.15) is 0 Å². The van der Waals surface area contributed by atoms with Crippen molar-refractivity contribution in [3.63, 3.8) is 0 Å². The molecule has 5 heteroatoms. The molecule has 2 unspecified atom stereocenters. The van der Waals surface area contributed by atoms with Crippen LogP contribution < -0.4 is 11.3 Å². The molecule has 2 atom stereocenters. The second-order valence-corrected chi connectivity index (χ2v) is 5.48. The molecular weight excluding hydrogens is 262 g/mol. The molecule has 0 aliphatic heterocycles. The molecule has 0 amide bonds. The minimum Gasteiger partial charge on any atom is -0.372 e. The highest BCUT2D eigenvalue weighted by molar-refractivity contribution is 6.31. The summed E-state index contributed by atoms with van der Waals surface area (Å²) in [7, 11) is 0. The number of nitrogen functional groups attached to an aromatic ring is 1. The third-order valence-electron chi connectivity index (χ3n) is 3.86. The standard InChI is InChI=1S/C14H22ClN3O/c1-2-10-5-3-4-6-13(10)19-9-12-11(15)7-8-14(17-12)18-16/h7-8,10,13H,2-6,9,16H2,1H3,(H,17,18). The van der Waals surface area contributed by atoms with Gasteiger partial charge in [0, 0.05) is 0 Å². The monoisotopic (exact) mass is 283 g/mol. The van der Waals surface area contributed by atoms with Gasteiger partial charge in [0.05, 0.1) is 23.4 Å². The maximum atomic E-state index is 6.13. The summed E-state index contributed by atoms with van der Waals surface area (Å²) < 4.78 is 6.04. The van der Waals surface area contributed by atoms with Crippen molar-refractivity contribution in [1.82, 2.24) is 4.98 Å². The number of nitrogens with zero attached hydrogens (tertiary/aromatic N) is 1. The molecule has 3 N–H and O–H groups in total. The maximum Gasteiger partial charge on any atom is 0.140 e. The van der Waals surface area contributed by atoms with Crippen LogP contribution in [-0.2, 0) is 11.3 Å². The minimum absolute atomic E-state index is 0.339. The fourth-order valence-corrected chi connectivity index (χ4v) is 2.87. The number of ether oxygens (including phenoxy) is 1. The van der Waals surface area contributed by atoms with Crippen LogP contribution in [0.3, 0.4) is 0 Å². The van der Waals surface area contributed by atoms with E-state index in [1.165, 1.54) is 25.7 Å². The van der Waals surface area contributed by atoms with E-state index in [0.29, 0.717) is 29.5 Å². The number of pyridine rings is 1. The van der Waals surface area contributed by atoms with Gasteiger partial charge in [0.2, 0.25) is 0 Å². The molecule has 19 heavy (non-hydrogen) atoms. The smallest absolute Gasteiger partial charge is 0.140 e. The van der Waals surface area contributed by atoms with Crippen LogP contribution in [0.4, 0.5) is 5.82 Å². The molecule has 106 valence electrons. The number of rotatable bonds is 5. The van der Waals surface area contributed by atoms with Crippen molar-refractivity contribution in [3.8, 4) is 0 Å². The van der Waals surface area contributed by atoms with E-state index in [4.69, 9.17) is 22.2 Å². The van der Waals surface area contributed by atoms with Gasteiger partial charge in [0.25, 0.3) is 0 Å². The molecule has 0 radical (unpaired) electrons. The van der Waals surface area contributed by atoms with Crippen molar-refractivity contribution in [2.24, 2.45) is 11.8 Å². The van der Waals surface area contributed by atoms with Gasteiger partial charge in [-0.1, -0.05) is 37.8 Å². The van der Waals surface area contributed by atoms with Crippen LogP contribution in [0, 0.1) is 5.92 Å². The van der Waals surface area contributed by atoms with E-state index in [-0.39, 0.29) is 0 Å². The van der Waals surface area contributed by atoms with Crippen molar-refractivity contribution in [1.29, 1.82) is 0 Å². The molecule has 1 aromatic rings. The van der Waals surface area contributed by atoms with E-state index >= 15 is 0 Å². The molecule has 1 heterocycles. The van der Waals surface area contributed by atoms with Gasteiger partial charge in [0.15, 0.2) is 0 Å². The zero-order valence-electron chi connectivity index (χ0n) is 11.4. The van der Waals surface area contributed by atoms with Crippen LogP contribution in [-0.4, -0.2) is 11.1 Å². The number of halogens is 1. The first kappa shape index (κ1) is 14.6. The number of nitrogens with two attached hydrogens (primary N) is 1. The molecule has 0 aromatic carbocycles. The molecule has 0 saturated heterocycles. The average molecular weight is 284 g/mol.